The molecule has 3 aromatic rings. The summed E-state index contributed by atoms with van der Waals surface area (Å²) in [6.45, 7) is 2.47. The van der Waals surface area contributed by atoms with E-state index in [4.69, 9.17) is 10.5 Å². The molecule has 0 radical (unpaired) electrons. The highest BCUT2D eigenvalue weighted by Gasteiger charge is 2.10. The Hall–Kier alpha value is -1.66. The van der Waals surface area contributed by atoms with Gasteiger partial charge >= 0.3 is 0 Å². The van der Waals surface area contributed by atoms with Crippen LogP contribution in [-0.2, 0) is 6.61 Å². The van der Waals surface area contributed by atoms with Crippen molar-refractivity contribution in [1.29, 1.82) is 0 Å². The number of aryl methyl sites for hydroxylation is 1. The average Bonchev–Trinajstić information content (AvgIpc) is 2.76. The number of nitrogens with zero attached hydrogens (tertiary/aromatic N) is 2. The minimum absolute atomic E-state index is 0.239. The standard InChI is InChI=1S/C14H12BrN3OS/c1-8-5-11-12(17-14(16)18-13(11)20-8)19-7-9-3-2-4-10(15)6-9/h2-6H,7H2,1H3,(H2,16,17,18). The molecule has 2 aromatic heterocycles. The summed E-state index contributed by atoms with van der Waals surface area (Å²) in [5.41, 5.74) is 6.79. The first-order valence-corrected chi connectivity index (χ1v) is 7.63. The number of benzene rings is 1. The highest BCUT2D eigenvalue weighted by Crippen LogP contribution is 2.30. The van der Waals surface area contributed by atoms with Crippen molar-refractivity contribution in [2.24, 2.45) is 0 Å². The topological polar surface area (TPSA) is 61.0 Å². The molecule has 0 amide bonds. The Kier molecular flexibility index (Phi) is 3.58. The number of anilines is 1. The molecule has 0 spiro atoms. The Morgan fingerprint density at radius 3 is 2.95 bits per heavy atom. The fourth-order valence-electron chi connectivity index (χ4n) is 1.92. The second kappa shape index (κ2) is 5.38. The van der Waals surface area contributed by atoms with Gasteiger partial charge in [0.15, 0.2) is 0 Å². The van der Waals surface area contributed by atoms with E-state index in [1.54, 1.807) is 11.3 Å². The number of halogens is 1. The molecule has 0 aliphatic carbocycles. The van der Waals surface area contributed by atoms with E-state index in [1.165, 1.54) is 0 Å². The molecular formula is C14H12BrN3OS. The highest BCUT2D eigenvalue weighted by molar-refractivity contribution is 9.10. The molecule has 0 fully saturated rings. The summed E-state index contributed by atoms with van der Waals surface area (Å²) < 4.78 is 6.83. The Morgan fingerprint density at radius 1 is 1.30 bits per heavy atom. The number of nitrogen functional groups attached to an aromatic ring is 1. The van der Waals surface area contributed by atoms with Gasteiger partial charge in [0.1, 0.15) is 11.4 Å². The van der Waals surface area contributed by atoms with Crippen molar-refractivity contribution in [2.45, 2.75) is 13.5 Å². The third kappa shape index (κ3) is 2.76. The fraction of sp³-hybridized carbons (Fsp3) is 0.143. The van der Waals surface area contributed by atoms with Crippen LogP contribution in [0.3, 0.4) is 0 Å². The smallest absolute Gasteiger partial charge is 0.227 e. The summed E-state index contributed by atoms with van der Waals surface area (Å²) in [6, 6.07) is 10.00. The van der Waals surface area contributed by atoms with E-state index < -0.39 is 0 Å². The van der Waals surface area contributed by atoms with Crippen LogP contribution in [-0.4, -0.2) is 9.97 Å². The molecule has 102 valence electrons. The zero-order chi connectivity index (χ0) is 14.1. The van der Waals surface area contributed by atoms with E-state index in [0.717, 1.165) is 25.1 Å². The lowest BCUT2D eigenvalue weighted by atomic mass is 10.2. The number of hydrogen-bond acceptors (Lipinski definition) is 5. The average molecular weight is 350 g/mol. The van der Waals surface area contributed by atoms with Crippen molar-refractivity contribution in [2.75, 3.05) is 5.73 Å². The number of hydrogen-bond donors (Lipinski definition) is 1. The second-order valence-corrected chi connectivity index (χ2v) is 6.53. The predicted molar refractivity (Wildman–Crippen MR) is 85.0 cm³/mol. The van der Waals surface area contributed by atoms with Crippen LogP contribution in [0.2, 0.25) is 0 Å². The Bertz CT molecular complexity index is 772. The lowest BCUT2D eigenvalue weighted by Crippen LogP contribution is -2.01. The first-order valence-electron chi connectivity index (χ1n) is 6.03. The van der Waals surface area contributed by atoms with Gasteiger partial charge in [0, 0.05) is 9.35 Å². The van der Waals surface area contributed by atoms with Crippen molar-refractivity contribution >= 4 is 43.4 Å². The van der Waals surface area contributed by atoms with E-state index in [-0.39, 0.29) is 5.95 Å². The Morgan fingerprint density at radius 2 is 2.15 bits per heavy atom. The number of rotatable bonds is 3. The van der Waals surface area contributed by atoms with Gasteiger partial charge in [0.2, 0.25) is 11.8 Å². The molecule has 2 N–H and O–H groups in total. The molecule has 20 heavy (non-hydrogen) atoms. The van der Waals surface area contributed by atoms with Gasteiger partial charge in [-0.15, -0.1) is 11.3 Å². The summed E-state index contributed by atoms with van der Waals surface area (Å²) >= 11 is 5.03. The highest BCUT2D eigenvalue weighted by atomic mass is 79.9. The molecule has 2 heterocycles. The van der Waals surface area contributed by atoms with E-state index >= 15 is 0 Å². The molecule has 0 saturated carbocycles. The van der Waals surface area contributed by atoms with Crippen molar-refractivity contribution in [3.63, 3.8) is 0 Å². The Labute approximate surface area is 128 Å². The maximum Gasteiger partial charge on any atom is 0.227 e. The molecular weight excluding hydrogens is 338 g/mol. The number of fused-ring (bicyclic) bond motifs is 1. The maximum absolute atomic E-state index is 5.81. The minimum Gasteiger partial charge on any atom is -0.472 e. The van der Waals surface area contributed by atoms with Crippen molar-refractivity contribution in [3.8, 4) is 5.88 Å². The van der Waals surface area contributed by atoms with Crippen molar-refractivity contribution in [3.05, 3.63) is 45.2 Å². The summed E-state index contributed by atoms with van der Waals surface area (Å²) in [5.74, 6) is 0.778. The van der Waals surface area contributed by atoms with Gasteiger partial charge in [-0.3, -0.25) is 0 Å². The predicted octanol–water partition coefficient (Wildman–Crippen LogP) is 3.92. The van der Waals surface area contributed by atoms with E-state index in [2.05, 4.69) is 25.9 Å². The molecule has 1 aromatic carbocycles. The van der Waals surface area contributed by atoms with Crippen LogP contribution in [0.5, 0.6) is 5.88 Å². The van der Waals surface area contributed by atoms with Crippen LogP contribution < -0.4 is 10.5 Å². The summed E-state index contributed by atoms with van der Waals surface area (Å²) in [4.78, 5) is 10.4. The van der Waals surface area contributed by atoms with Crippen LogP contribution in [0, 0.1) is 6.92 Å². The molecule has 0 bridgehead atoms. The van der Waals surface area contributed by atoms with Gasteiger partial charge in [0.25, 0.3) is 0 Å². The summed E-state index contributed by atoms with van der Waals surface area (Å²) in [7, 11) is 0. The quantitative estimate of drug-likeness (QED) is 0.778. The number of aromatic nitrogens is 2. The zero-order valence-electron chi connectivity index (χ0n) is 10.8. The number of ether oxygens (including phenoxy) is 1. The first-order chi connectivity index (χ1) is 9.61. The molecule has 0 aliphatic rings. The number of thiophene rings is 1. The first kappa shape index (κ1) is 13.3. The van der Waals surface area contributed by atoms with E-state index in [0.29, 0.717) is 12.5 Å². The van der Waals surface area contributed by atoms with Crippen LogP contribution >= 0.6 is 27.3 Å². The van der Waals surface area contributed by atoms with Gasteiger partial charge in [-0.25, -0.2) is 4.98 Å². The van der Waals surface area contributed by atoms with Gasteiger partial charge in [-0.2, -0.15) is 4.98 Å². The second-order valence-electron chi connectivity index (χ2n) is 4.38. The van der Waals surface area contributed by atoms with Crippen LogP contribution in [0.25, 0.3) is 10.2 Å². The SMILES string of the molecule is Cc1cc2c(OCc3cccc(Br)c3)nc(N)nc2s1. The molecule has 0 atom stereocenters. The molecule has 4 nitrogen and oxygen atoms in total. The lowest BCUT2D eigenvalue weighted by molar-refractivity contribution is 0.298. The van der Waals surface area contributed by atoms with E-state index in [9.17, 15) is 0 Å². The van der Waals surface area contributed by atoms with Crippen molar-refractivity contribution in [1.82, 2.24) is 9.97 Å². The molecule has 6 heteroatoms. The molecule has 0 unspecified atom stereocenters. The van der Waals surface area contributed by atoms with Gasteiger partial charge in [-0.1, -0.05) is 28.1 Å². The van der Waals surface area contributed by atoms with Crippen LogP contribution in [0.15, 0.2) is 34.8 Å². The maximum atomic E-state index is 5.81. The lowest BCUT2D eigenvalue weighted by Gasteiger charge is -2.07. The third-order valence-corrected chi connectivity index (χ3v) is 4.20. The number of nitrogens with two attached hydrogens (primary N) is 1. The van der Waals surface area contributed by atoms with Crippen LogP contribution in [0.1, 0.15) is 10.4 Å². The molecule has 0 saturated heterocycles. The molecule has 3 rings (SSSR count). The minimum atomic E-state index is 0.239. The fourth-order valence-corrected chi connectivity index (χ4v) is 3.24. The summed E-state index contributed by atoms with van der Waals surface area (Å²) in [6.07, 6.45) is 0. The zero-order valence-corrected chi connectivity index (χ0v) is 13.2. The normalized spacial score (nSPS) is 10.9. The van der Waals surface area contributed by atoms with E-state index in [1.807, 2.05) is 37.3 Å². The summed E-state index contributed by atoms with van der Waals surface area (Å²) in [5, 5.41) is 0.914. The van der Waals surface area contributed by atoms with Gasteiger partial charge in [0.05, 0.1) is 5.39 Å². The van der Waals surface area contributed by atoms with Crippen molar-refractivity contribution < 1.29 is 4.74 Å². The largest absolute Gasteiger partial charge is 0.472 e. The van der Waals surface area contributed by atoms with Crippen LogP contribution in [0.4, 0.5) is 5.95 Å². The Balaban J connectivity index is 1.90. The molecule has 0 aliphatic heterocycles. The monoisotopic (exact) mass is 349 g/mol. The van der Waals surface area contributed by atoms with Gasteiger partial charge < -0.3 is 10.5 Å². The third-order valence-electron chi connectivity index (χ3n) is 2.76. The van der Waals surface area contributed by atoms with Gasteiger partial charge in [-0.05, 0) is 30.7 Å².